The highest BCUT2D eigenvalue weighted by atomic mass is 16.6. The number of benzene rings is 1. The molecule has 0 unspecified atom stereocenters. The molecule has 0 aromatic heterocycles. The fraction of sp³-hybridized carbons (Fsp3) is 0.375. The Morgan fingerprint density at radius 2 is 2.13 bits per heavy atom. The molecule has 0 spiro atoms. The lowest BCUT2D eigenvalue weighted by Gasteiger charge is -2.04. The minimum absolute atomic E-state index is 0.0630. The first kappa shape index (κ1) is 18.3. The highest BCUT2D eigenvalue weighted by molar-refractivity contribution is 5.89. The van der Waals surface area contributed by atoms with E-state index in [0.717, 1.165) is 25.3 Å². The molecular weight excluding hydrogens is 300 g/mol. The van der Waals surface area contributed by atoms with E-state index in [1.807, 2.05) is 0 Å². The van der Waals surface area contributed by atoms with Crippen LogP contribution in [0.5, 0.6) is 0 Å². The third-order valence-electron chi connectivity index (χ3n) is 2.94. The van der Waals surface area contributed by atoms with Gasteiger partial charge in [-0.3, -0.25) is 14.9 Å². The molecule has 0 radical (unpaired) electrons. The molecule has 1 N–H and O–H groups in total. The van der Waals surface area contributed by atoms with E-state index in [1.54, 1.807) is 6.07 Å². The van der Waals surface area contributed by atoms with Gasteiger partial charge in [-0.25, -0.2) is 4.79 Å². The van der Waals surface area contributed by atoms with Crippen LogP contribution in [-0.2, 0) is 14.3 Å². The number of hydrogen-bond acceptors (Lipinski definition) is 5. The molecule has 1 amide bonds. The number of ether oxygens (including phenoxy) is 1. The van der Waals surface area contributed by atoms with Gasteiger partial charge in [-0.05, 0) is 18.1 Å². The molecule has 0 aliphatic rings. The average molecular weight is 320 g/mol. The summed E-state index contributed by atoms with van der Waals surface area (Å²) in [6.07, 6.45) is 5.51. The molecular formula is C16H20N2O5. The van der Waals surface area contributed by atoms with Crippen LogP contribution in [0.15, 0.2) is 30.3 Å². The van der Waals surface area contributed by atoms with Crippen molar-refractivity contribution < 1.29 is 19.2 Å². The van der Waals surface area contributed by atoms with Gasteiger partial charge in [-0.15, -0.1) is 0 Å². The van der Waals surface area contributed by atoms with Crippen LogP contribution >= 0.6 is 0 Å². The summed E-state index contributed by atoms with van der Waals surface area (Å²) >= 11 is 0. The van der Waals surface area contributed by atoms with Crippen molar-refractivity contribution in [3.8, 4) is 0 Å². The molecule has 0 atom stereocenters. The minimum atomic E-state index is -0.680. The number of hydrogen-bond donors (Lipinski definition) is 1. The summed E-state index contributed by atoms with van der Waals surface area (Å²) in [7, 11) is 0. The Balaban J connectivity index is 2.37. The van der Waals surface area contributed by atoms with Crippen LogP contribution in [0.3, 0.4) is 0 Å². The molecule has 0 aliphatic carbocycles. The van der Waals surface area contributed by atoms with Crippen molar-refractivity contribution in [3.63, 3.8) is 0 Å². The van der Waals surface area contributed by atoms with Crippen LogP contribution in [0.25, 0.3) is 6.08 Å². The highest BCUT2D eigenvalue weighted by Crippen LogP contribution is 2.14. The summed E-state index contributed by atoms with van der Waals surface area (Å²) in [6, 6.07) is 5.84. The van der Waals surface area contributed by atoms with Gasteiger partial charge in [0, 0.05) is 24.8 Å². The van der Waals surface area contributed by atoms with E-state index >= 15 is 0 Å². The summed E-state index contributed by atoms with van der Waals surface area (Å²) in [5.41, 5.74) is 0.437. The highest BCUT2D eigenvalue weighted by Gasteiger charge is 2.06. The monoisotopic (exact) mass is 320 g/mol. The lowest BCUT2D eigenvalue weighted by molar-refractivity contribution is -0.384. The maximum atomic E-state index is 11.5. The van der Waals surface area contributed by atoms with Crippen LogP contribution in [-0.4, -0.2) is 30.0 Å². The third-order valence-corrected chi connectivity index (χ3v) is 2.94. The molecule has 1 aromatic carbocycles. The predicted molar refractivity (Wildman–Crippen MR) is 85.6 cm³/mol. The molecule has 23 heavy (non-hydrogen) atoms. The molecule has 7 heteroatoms. The van der Waals surface area contributed by atoms with Crippen molar-refractivity contribution in [1.82, 2.24) is 5.32 Å². The predicted octanol–water partition coefficient (Wildman–Crippen LogP) is 2.46. The number of carbonyl (C=O) groups excluding carboxylic acids is 2. The van der Waals surface area contributed by atoms with E-state index < -0.39 is 10.9 Å². The molecule has 0 aliphatic heterocycles. The number of amides is 1. The smallest absolute Gasteiger partial charge is 0.331 e. The zero-order valence-electron chi connectivity index (χ0n) is 13.0. The SMILES string of the molecule is CCCCCNC(=O)COC(=O)/C=C/c1cccc([N+](=O)[O-])c1. The summed E-state index contributed by atoms with van der Waals surface area (Å²) in [4.78, 5) is 33.0. The first-order chi connectivity index (χ1) is 11.0. The van der Waals surface area contributed by atoms with Crippen molar-refractivity contribution >= 4 is 23.6 Å². The Bertz CT molecular complexity index is 584. The first-order valence-electron chi connectivity index (χ1n) is 7.39. The number of unbranched alkanes of at least 4 members (excludes halogenated alkanes) is 2. The Hall–Kier alpha value is -2.70. The van der Waals surface area contributed by atoms with E-state index in [-0.39, 0.29) is 18.2 Å². The maximum Gasteiger partial charge on any atom is 0.331 e. The van der Waals surface area contributed by atoms with Gasteiger partial charge in [-0.1, -0.05) is 31.9 Å². The van der Waals surface area contributed by atoms with Gasteiger partial charge in [0.15, 0.2) is 6.61 Å². The molecule has 0 bridgehead atoms. The van der Waals surface area contributed by atoms with Crippen LogP contribution in [0, 0.1) is 10.1 Å². The van der Waals surface area contributed by atoms with Gasteiger partial charge in [0.25, 0.3) is 11.6 Å². The van der Waals surface area contributed by atoms with E-state index in [9.17, 15) is 19.7 Å². The number of nitro groups is 1. The number of nitro benzene ring substituents is 1. The largest absolute Gasteiger partial charge is 0.452 e. The van der Waals surface area contributed by atoms with Crippen molar-refractivity contribution in [1.29, 1.82) is 0 Å². The number of rotatable bonds is 9. The van der Waals surface area contributed by atoms with E-state index in [4.69, 9.17) is 4.74 Å². The summed E-state index contributed by atoms with van der Waals surface area (Å²) < 4.78 is 4.79. The number of non-ortho nitro benzene ring substituents is 1. The van der Waals surface area contributed by atoms with Crippen molar-refractivity contribution in [2.75, 3.05) is 13.2 Å². The zero-order valence-corrected chi connectivity index (χ0v) is 13.0. The number of carbonyl (C=O) groups is 2. The number of nitrogens with zero attached hydrogens (tertiary/aromatic N) is 1. The fourth-order valence-electron chi connectivity index (χ4n) is 1.74. The number of esters is 1. The number of nitrogens with one attached hydrogen (secondary N) is 1. The average Bonchev–Trinajstić information content (AvgIpc) is 2.55. The van der Waals surface area contributed by atoms with Gasteiger partial charge < -0.3 is 10.1 Å². The third kappa shape index (κ3) is 7.75. The van der Waals surface area contributed by atoms with Crippen LogP contribution in [0.4, 0.5) is 5.69 Å². The zero-order chi connectivity index (χ0) is 17.1. The lowest BCUT2D eigenvalue weighted by atomic mass is 10.2. The van der Waals surface area contributed by atoms with Gasteiger partial charge in [0.05, 0.1) is 4.92 Å². The van der Waals surface area contributed by atoms with Crippen LogP contribution in [0.2, 0.25) is 0 Å². The van der Waals surface area contributed by atoms with E-state index in [1.165, 1.54) is 24.3 Å². The van der Waals surface area contributed by atoms with Crippen LogP contribution in [0.1, 0.15) is 31.7 Å². The molecule has 0 saturated carbocycles. The van der Waals surface area contributed by atoms with Gasteiger partial charge in [0.2, 0.25) is 0 Å². The molecule has 124 valence electrons. The van der Waals surface area contributed by atoms with Crippen molar-refractivity contribution in [3.05, 3.63) is 46.0 Å². The summed E-state index contributed by atoms with van der Waals surface area (Å²) in [5, 5.41) is 13.3. The Labute approximate surface area is 134 Å². The summed E-state index contributed by atoms with van der Waals surface area (Å²) in [5.74, 6) is -1.03. The van der Waals surface area contributed by atoms with Crippen molar-refractivity contribution in [2.45, 2.75) is 26.2 Å². The molecule has 0 heterocycles. The first-order valence-corrected chi connectivity index (χ1v) is 7.39. The standard InChI is InChI=1S/C16H20N2O5/c1-2-3-4-10-17-15(19)12-23-16(20)9-8-13-6-5-7-14(11-13)18(21)22/h5-9,11H,2-4,10,12H2,1H3,(H,17,19)/b9-8+. The minimum Gasteiger partial charge on any atom is -0.452 e. The molecule has 1 rings (SSSR count). The quantitative estimate of drug-likeness (QED) is 0.248. The molecule has 1 aromatic rings. The van der Waals surface area contributed by atoms with Gasteiger partial charge in [0.1, 0.15) is 0 Å². The fourth-order valence-corrected chi connectivity index (χ4v) is 1.74. The van der Waals surface area contributed by atoms with Crippen LogP contribution < -0.4 is 5.32 Å². The second kappa shape index (κ2) is 10.1. The topological polar surface area (TPSA) is 98.5 Å². The molecule has 0 fully saturated rings. The molecule has 7 nitrogen and oxygen atoms in total. The maximum absolute atomic E-state index is 11.5. The molecule has 0 saturated heterocycles. The Morgan fingerprint density at radius 3 is 2.83 bits per heavy atom. The Kier molecular flexibility index (Phi) is 8.06. The van der Waals surface area contributed by atoms with Crippen molar-refractivity contribution in [2.24, 2.45) is 0 Å². The lowest BCUT2D eigenvalue weighted by Crippen LogP contribution is -2.29. The Morgan fingerprint density at radius 1 is 1.35 bits per heavy atom. The van der Waals surface area contributed by atoms with E-state index in [2.05, 4.69) is 12.2 Å². The van der Waals surface area contributed by atoms with E-state index in [0.29, 0.717) is 12.1 Å². The van der Waals surface area contributed by atoms with Gasteiger partial charge >= 0.3 is 5.97 Å². The second-order valence-corrected chi connectivity index (χ2v) is 4.85. The second-order valence-electron chi connectivity index (χ2n) is 4.85. The normalized spacial score (nSPS) is 10.5. The van der Waals surface area contributed by atoms with Gasteiger partial charge in [-0.2, -0.15) is 0 Å². The summed E-state index contributed by atoms with van der Waals surface area (Å²) in [6.45, 7) is 2.29.